The highest BCUT2D eigenvalue weighted by Crippen LogP contribution is 2.17. The molecule has 0 radical (unpaired) electrons. The summed E-state index contributed by atoms with van der Waals surface area (Å²) in [7, 11) is 0. The zero-order valence-electron chi connectivity index (χ0n) is 52.8. The Morgan fingerprint density at radius 2 is 0.487 bits per heavy atom. The number of carbonyl (C=O) groups is 3. The summed E-state index contributed by atoms with van der Waals surface area (Å²) in [6, 6.07) is 0. The molecule has 0 aliphatic rings. The van der Waals surface area contributed by atoms with Crippen molar-refractivity contribution in [3.8, 4) is 0 Å². The van der Waals surface area contributed by atoms with Crippen LogP contribution in [-0.2, 0) is 28.6 Å². The van der Waals surface area contributed by atoms with Crippen LogP contribution in [0.4, 0.5) is 0 Å². The molecule has 0 heterocycles. The number of unbranched alkanes of at least 4 members (excludes halogenated alkanes) is 35. The summed E-state index contributed by atoms with van der Waals surface area (Å²) < 4.78 is 16.9. The number of hydrogen-bond donors (Lipinski definition) is 0. The van der Waals surface area contributed by atoms with E-state index in [4.69, 9.17) is 14.2 Å². The largest absolute Gasteiger partial charge is 0.462 e. The molecular weight excluding hydrogens is 985 g/mol. The van der Waals surface area contributed by atoms with Crippen LogP contribution in [0, 0.1) is 0 Å². The predicted octanol–water partition coefficient (Wildman–Crippen LogP) is 23.6. The van der Waals surface area contributed by atoms with E-state index in [1.54, 1.807) is 0 Å². The molecule has 0 rings (SSSR count). The molecule has 0 N–H and O–H groups in total. The lowest BCUT2D eigenvalue weighted by Crippen LogP contribution is -2.30. The lowest BCUT2D eigenvalue weighted by atomic mass is 10.0. The van der Waals surface area contributed by atoms with Crippen LogP contribution in [0.25, 0.3) is 0 Å². The summed E-state index contributed by atoms with van der Waals surface area (Å²) in [5, 5.41) is 0. The fourth-order valence-corrected chi connectivity index (χ4v) is 9.76. The summed E-state index contributed by atoms with van der Waals surface area (Å²) in [6.07, 6.45) is 91.6. The number of hydrogen-bond acceptors (Lipinski definition) is 6. The van der Waals surface area contributed by atoms with Gasteiger partial charge in [-0.1, -0.05) is 330 Å². The van der Waals surface area contributed by atoms with Gasteiger partial charge in [-0.05, 0) is 83.5 Å². The smallest absolute Gasteiger partial charge is 0.306 e. The molecule has 0 aromatic carbocycles. The van der Waals surface area contributed by atoms with Gasteiger partial charge in [0.2, 0.25) is 0 Å². The van der Waals surface area contributed by atoms with E-state index in [0.717, 1.165) is 122 Å². The summed E-state index contributed by atoms with van der Waals surface area (Å²) in [6.45, 7) is 6.51. The molecule has 0 saturated heterocycles. The molecule has 0 saturated carbocycles. The number of allylic oxidation sites excluding steroid dienone is 16. The monoisotopic (exact) mass is 1110 g/mol. The topological polar surface area (TPSA) is 78.9 Å². The summed E-state index contributed by atoms with van der Waals surface area (Å²) in [5.74, 6) is -0.899. The molecular formula is C74H128O6. The highest BCUT2D eigenvalue weighted by molar-refractivity contribution is 5.71. The van der Waals surface area contributed by atoms with Gasteiger partial charge in [0.05, 0.1) is 0 Å². The molecule has 0 bridgehead atoms. The van der Waals surface area contributed by atoms with Crippen LogP contribution in [0.1, 0.15) is 335 Å². The van der Waals surface area contributed by atoms with Gasteiger partial charge in [-0.2, -0.15) is 0 Å². The lowest BCUT2D eigenvalue weighted by Gasteiger charge is -2.18. The van der Waals surface area contributed by atoms with Crippen LogP contribution < -0.4 is 0 Å². The molecule has 0 aliphatic heterocycles. The van der Waals surface area contributed by atoms with Crippen molar-refractivity contribution in [2.45, 2.75) is 341 Å². The highest BCUT2D eigenvalue weighted by atomic mass is 16.6. The normalized spacial score (nSPS) is 12.7. The van der Waals surface area contributed by atoms with Crippen molar-refractivity contribution in [2.75, 3.05) is 13.2 Å². The van der Waals surface area contributed by atoms with Crippen LogP contribution in [0.15, 0.2) is 97.2 Å². The van der Waals surface area contributed by atoms with Gasteiger partial charge in [0.15, 0.2) is 6.10 Å². The molecule has 0 aromatic rings. The van der Waals surface area contributed by atoms with E-state index in [1.807, 2.05) is 0 Å². The van der Waals surface area contributed by atoms with Crippen molar-refractivity contribution in [3.05, 3.63) is 97.2 Å². The number of carbonyl (C=O) groups excluding carboxylic acids is 3. The second kappa shape index (κ2) is 67.8. The fourth-order valence-electron chi connectivity index (χ4n) is 9.76. The van der Waals surface area contributed by atoms with Crippen molar-refractivity contribution in [3.63, 3.8) is 0 Å². The first-order valence-electron chi connectivity index (χ1n) is 34.2. The Labute approximate surface area is 496 Å². The standard InChI is InChI=1S/C74H128O6/c1-4-7-10-13-16-19-21-23-25-27-29-31-33-35-36-37-38-40-41-43-45-47-49-51-53-55-58-61-64-67-73(76)79-70-71(69-78-72(75)66-63-60-57-18-15-12-9-6-3)80-74(77)68-65-62-59-56-54-52-50-48-46-44-42-39-34-32-30-28-26-24-22-20-17-14-11-8-5-2/h7,10,16,19,23,25,29,31,35-36,38,40,43,45,49,51,71H,4-6,8-9,11-15,17-18,20-22,24,26-28,30,32-34,37,39,41-42,44,46-48,50,52-70H2,1-3H3/b10-7-,19-16-,25-23-,31-29-,36-35-,40-38-,45-43-,51-49-. The summed E-state index contributed by atoms with van der Waals surface area (Å²) in [5.41, 5.74) is 0. The molecule has 6 nitrogen and oxygen atoms in total. The van der Waals surface area contributed by atoms with E-state index in [2.05, 4.69) is 118 Å². The minimum Gasteiger partial charge on any atom is -0.462 e. The van der Waals surface area contributed by atoms with Gasteiger partial charge in [-0.25, -0.2) is 0 Å². The van der Waals surface area contributed by atoms with Gasteiger partial charge in [0.1, 0.15) is 13.2 Å². The third-order valence-corrected chi connectivity index (χ3v) is 14.9. The average Bonchev–Trinajstić information content (AvgIpc) is 3.46. The van der Waals surface area contributed by atoms with E-state index in [9.17, 15) is 14.4 Å². The molecule has 6 heteroatoms. The van der Waals surface area contributed by atoms with Crippen molar-refractivity contribution in [1.82, 2.24) is 0 Å². The minimum absolute atomic E-state index is 0.0822. The molecule has 80 heavy (non-hydrogen) atoms. The number of rotatable bonds is 62. The number of ether oxygens (including phenoxy) is 3. The second-order valence-electron chi connectivity index (χ2n) is 22.7. The van der Waals surface area contributed by atoms with E-state index in [-0.39, 0.29) is 31.1 Å². The van der Waals surface area contributed by atoms with E-state index >= 15 is 0 Å². The molecule has 0 amide bonds. The molecule has 460 valence electrons. The van der Waals surface area contributed by atoms with Crippen LogP contribution in [-0.4, -0.2) is 37.2 Å². The SMILES string of the molecule is CC/C=C\C/C=C\C/C=C\C/C=C\C/C=C\C/C=C\C/C=C\C/C=C\CCCCCCC(=O)OCC(COC(=O)CCCCCCCCCC)OC(=O)CCCCCCCCCCCCCCCCCCCCCCCCCCC. The zero-order valence-corrected chi connectivity index (χ0v) is 52.8. The second-order valence-corrected chi connectivity index (χ2v) is 22.7. The van der Waals surface area contributed by atoms with Crippen molar-refractivity contribution in [2.24, 2.45) is 0 Å². The van der Waals surface area contributed by atoms with Gasteiger partial charge < -0.3 is 14.2 Å². The lowest BCUT2D eigenvalue weighted by molar-refractivity contribution is -0.167. The molecule has 1 atom stereocenters. The fraction of sp³-hybridized carbons (Fsp3) is 0.743. The van der Waals surface area contributed by atoms with Crippen molar-refractivity contribution >= 4 is 17.9 Å². The maximum Gasteiger partial charge on any atom is 0.306 e. The third kappa shape index (κ3) is 65.1. The Morgan fingerprint density at radius 3 is 0.762 bits per heavy atom. The quantitative estimate of drug-likeness (QED) is 0.0261. The first-order chi connectivity index (χ1) is 39.5. The zero-order chi connectivity index (χ0) is 57.8. The highest BCUT2D eigenvalue weighted by Gasteiger charge is 2.19. The molecule has 0 aliphatic carbocycles. The van der Waals surface area contributed by atoms with Gasteiger partial charge in [0.25, 0.3) is 0 Å². The summed E-state index contributed by atoms with van der Waals surface area (Å²) in [4.78, 5) is 38.2. The Balaban J connectivity index is 4.20. The number of esters is 3. The van der Waals surface area contributed by atoms with Crippen LogP contribution >= 0.6 is 0 Å². The predicted molar refractivity (Wildman–Crippen MR) is 348 cm³/mol. The van der Waals surface area contributed by atoms with E-state index in [0.29, 0.717) is 19.3 Å². The molecule has 0 spiro atoms. The van der Waals surface area contributed by atoms with Crippen LogP contribution in [0.5, 0.6) is 0 Å². The van der Waals surface area contributed by atoms with E-state index in [1.165, 1.54) is 173 Å². The van der Waals surface area contributed by atoms with Gasteiger partial charge in [-0.3, -0.25) is 14.4 Å². The van der Waals surface area contributed by atoms with Gasteiger partial charge in [-0.15, -0.1) is 0 Å². The van der Waals surface area contributed by atoms with Gasteiger partial charge >= 0.3 is 17.9 Å². The maximum absolute atomic E-state index is 12.9. The van der Waals surface area contributed by atoms with E-state index < -0.39 is 6.10 Å². The first kappa shape index (κ1) is 76.3. The van der Waals surface area contributed by atoms with Crippen molar-refractivity contribution in [1.29, 1.82) is 0 Å². The average molecular weight is 1110 g/mol. The van der Waals surface area contributed by atoms with Crippen LogP contribution in [0.2, 0.25) is 0 Å². The summed E-state index contributed by atoms with van der Waals surface area (Å²) >= 11 is 0. The van der Waals surface area contributed by atoms with Crippen LogP contribution in [0.3, 0.4) is 0 Å². The Morgan fingerprint density at radius 1 is 0.263 bits per heavy atom. The molecule has 0 aromatic heterocycles. The minimum atomic E-state index is -0.786. The van der Waals surface area contributed by atoms with Crippen molar-refractivity contribution < 1.29 is 28.6 Å². The van der Waals surface area contributed by atoms with Gasteiger partial charge in [0, 0.05) is 19.3 Å². The Kier molecular flexibility index (Phi) is 64.7. The third-order valence-electron chi connectivity index (χ3n) is 14.9. The maximum atomic E-state index is 12.9. The molecule has 1 unspecified atom stereocenters. The molecule has 0 fully saturated rings. The first-order valence-corrected chi connectivity index (χ1v) is 34.2. The Hall–Kier alpha value is -3.67. The Bertz CT molecular complexity index is 1560.